The average molecular weight is 230 g/mol. The number of fused-ring (bicyclic) bond motifs is 1. The number of hydrogen-bond acceptors (Lipinski definition) is 3. The number of nitrogens with zero attached hydrogens (tertiary/aromatic N) is 2. The third-order valence-corrected chi connectivity index (χ3v) is 3.30. The Morgan fingerprint density at radius 2 is 2.40 bits per heavy atom. The summed E-state index contributed by atoms with van der Waals surface area (Å²) in [7, 11) is 0. The highest BCUT2D eigenvalue weighted by Crippen LogP contribution is 2.27. The van der Waals surface area contributed by atoms with Gasteiger partial charge in [-0.15, -0.1) is 0 Å². The minimum absolute atomic E-state index is 0.232. The number of carboxylic acids is 1. The number of imidazole rings is 1. The molecule has 0 saturated carbocycles. The summed E-state index contributed by atoms with van der Waals surface area (Å²) >= 11 is 6.01. The zero-order valence-corrected chi connectivity index (χ0v) is 9.08. The Bertz CT molecular complexity index is 429. The molecule has 1 atom stereocenters. The molecule has 1 aromatic heterocycles. The molecule has 1 aromatic rings. The van der Waals surface area contributed by atoms with Crippen LogP contribution in [0.4, 0.5) is 0 Å². The van der Waals surface area contributed by atoms with Crippen molar-refractivity contribution in [2.24, 2.45) is 5.73 Å². The molecule has 5 nitrogen and oxygen atoms in total. The summed E-state index contributed by atoms with van der Waals surface area (Å²) in [4.78, 5) is 15.2. The van der Waals surface area contributed by atoms with Crippen molar-refractivity contribution in [3.05, 3.63) is 16.7 Å². The molecular formula is C9H12ClN3O2. The summed E-state index contributed by atoms with van der Waals surface area (Å²) in [6.07, 6.45) is 0.612. The lowest BCUT2D eigenvalue weighted by molar-refractivity contribution is -0.144. The zero-order chi connectivity index (χ0) is 11.2. The van der Waals surface area contributed by atoms with E-state index in [0.29, 0.717) is 23.9 Å². The number of nitrogens with two attached hydrogens (primary N) is 1. The van der Waals surface area contributed by atoms with Gasteiger partial charge in [-0.05, 0) is 13.3 Å². The van der Waals surface area contributed by atoms with E-state index in [1.165, 1.54) is 0 Å². The van der Waals surface area contributed by atoms with Gasteiger partial charge in [-0.25, -0.2) is 4.98 Å². The van der Waals surface area contributed by atoms with Crippen molar-refractivity contribution >= 4 is 17.6 Å². The number of carboxylic acid groups (broad SMARTS) is 1. The Labute approximate surface area is 91.9 Å². The van der Waals surface area contributed by atoms with E-state index in [-0.39, 0.29) is 6.42 Å². The number of halogens is 1. The lowest BCUT2D eigenvalue weighted by atomic mass is 9.89. The van der Waals surface area contributed by atoms with Crippen LogP contribution < -0.4 is 5.73 Å². The van der Waals surface area contributed by atoms with E-state index >= 15 is 0 Å². The van der Waals surface area contributed by atoms with Crippen molar-refractivity contribution in [1.29, 1.82) is 0 Å². The number of carbonyl (C=O) groups is 1. The highest BCUT2D eigenvalue weighted by Gasteiger charge is 2.39. The van der Waals surface area contributed by atoms with Crippen LogP contribution in [0, 0.1) is 6.92 Å². The van der Waals surface area contributed by atoms with Crippen molar-refractivity contribution < 1.29 is 9.90 Å². The quantitative estimate of drug-likeness (QED) is 0.738. The molecule has 0 spiro atoms. The SMILES string of the molecule is Cc1nc2n(c1Cl)CCC(N)(C(=O)O)C2. The second-order valence-electron chi connectivity index (χ2n) is 3.94. The van der Waals surface area contributed by atoms with Crippen LogP contribution in [0.25, 0.3) is 0 Å². The van der Waals surface area contributed by atoms with Gasteiger partial charge in [0.25, 0.3) is 0 Å². The highest BCUT2D eigenvalue weighted by molar-refractivity contribution is 6.30. The van der Waals surface area contributed by atoms with E-state index in [1.807, 2.05) is 4.57 Å². The van der Waals surface area contributed by atoms with Gasteiger partial charge in [0, 0.05) is 13.0 Å². The number of hydrogen-bond donors (Lipinski definition) is 2. The van der Waals surface area contributed by atoms with E-state index in [1.54, 1.807) is 6.92 Å². The monoisotopic (exact) mass is 229 g/mol. The van der Waals surface area contributed by atoms with Crippen molar-refractivity contribution in [2.45, 2.75) is 31.8 Å². The predicted molar refractivity (Wildman–Crippen MR) is 54.8 cm³/mol. The molecule has 15 heavy (non-hydrogen) atoms. The lowest BCUT2D eigenvalue weighted by Gasteiger charge is -2.29. The molecule has 0 bridgehead atoms. The molecular weight excluding hydrogens is 218 g/mol. The Balaban J connectivity index is 2.39. The van der Waals surface area contributed by atoms with Crippen LogP contribution in [0.3, 0.4) is 0 Å². The van der Waals surface area contributed by atoms with Gasteiger partial charge in [0.1, 0.15) is 16.5 Å². The second-order valence-corrected chi connectivity index (χ2v) is 4.30. The first-order valence-electron chi connectivity index (χ1n) is 4.68. The first-order valence-corrected chi connectivity index (χ1v) is 5.05. The van der Waals surface area contributed by atoms with Gasteiger partial charge in [0.15, 0.2) is 0 Å². The molecule has 0 aromatic carbocycles. The van der Waals surface area contributed by atoms with Crippen LogP contribution >= 0.6 is 11.6 Å². The van der Waals surface area contributed by atoms with Gasteiger partial charge in [-0.2, -0.15) is 0 Å². The molecule has 0 saturated heterocycles. The van der Waals surface area contributed by atoms with E-state index < -0.39 is 11.5 Å². The van der Waals surface area contributed by atoms with Crippen molar-refractivity contribution in [3.63, 3.8) is 0 Å². The fourth-order valence-electron chi connectivity index (χ4n) is 1.84. The first kappa shape index (κ1) is 10.4. The van der Waals surface area contributed by atoms with Gasteiger partial charge >= 0.3 is 5.97 Å². The van der Waals surface area contributed by atoms with Crippen LogP contribution in [0.2, 0.25) is 5.15 Å². The fraction of sp³-hybridized carbons (Fsp3) is 0.556. The van der Waals surface area contributed by atoms with Gasteiger partial charge in [0.05, 0.1) is 5.69 Å². The van der Waals surface area contributed by atoms with Gasteiger partial charge in [-0.3, -0.25) is 4.79 Å². The van der Waals surface area contributed by atoms with Crippen LogP contribution in [0.5, 0.6) is 0 Å². The molecule has 1 aliphatic heterocycles. The predicted octanol–water partition coefficient (Wildman–Crippen LogP) is 0.573. The zero-order valence-electron chi connectivity index (χ0n) is 8.33. The van der Waals surface area contributed by atoms with E-state index in [2.05, 4.69) is 4.98 Å². The maximum atomic E-state index is 11.0. The van der Waals surface area contributed by atoms with E-state index in [9.17, 15) is 4.79 Å². The van der Waals surface area contributed by atoms with Crippen molar-refractivity contribution in [3.8, 4) is 0 Å². The molecule has 0 radical (unpaired) electrons. The van der Waals surface area contributed by atoms with Crippen molar-refractivity contribution in [2.75, 3.05) is 0 Å². The van der Waals surface area contributed by atoms with Gasteiger partial charge in [-0.1, -0.05) is 11.6 Å². The highest BCUT2D eigenvalue weighted by atomic mass is 35.5. The molecule has 82 valence electrons. The average Bonchev–Trinajstić information content (AvgIpc) is 2.42. The van der Waals surface area contributed by atoms with Crippen LogP contribution in [0.15, 0.2) is 0 Å². The molecule has 1 aliphatic rings. The minimum Gasteiger partial charge on any atom is -0.480 e. The molecule has 0 fully saturated rings. The normalized spacial score (nSPS) is 25.0. The third-order valence-electron chi connectivity index (χ3n) is 2.82. The molecule has 2 heterocycles. The molecule has 2 rings (SSSR count). The second kappa shape index (κ2) is 3.21. The summed E-state index contributed by atoms with van der Waals surface area (Å²) < 4.78 is 1.82. The Kier molecular flexibility index (Phi) is 2.24. The summed E-state index contributed by atoms with van der Waals surface area (Å²) in [5, 5.41) is 9.59. The summed E-state index contributed by atoms with van der Waals surface area (Å²) in [5.74, 6) is -0.320. The van der Waals surface area contributed by atoms with Crippen LogP contribution in [-0.4, -0.2) is 26.2 Å². The summed E-state index contributed by atoms with van der Waals surface area (Å²) in [6.45, 7) is 2.31. The summed E-state index contributed by atoms with van der Waals surface area (Å²) in [5.41, 5.74) is 5.31. The maximum Gasteiger partial charge on any atom is 0.324 e. The lowest BCUT2D eigenvalue weighted by Crippen LogP contribution is -2.53. The third kappa shape index (κ3) is 1.52. The van der Waals surface area contributed by atoms with E-state index in [4.69, 9.17) is 22.4 Å². The number of aromatic nitrogens is 2. The number of aliphatic carboxylic acids is 1. The number of aryl methyl sites for hydroxylation is 1. The van der Waals surface area contributed by atoms with Crippen LogP contribution in [-0.2, 0) is 17.8 Å². The Morgan fingerprint density at radius 1 is 1.73 bits per heavy atom. The molecule has 0 amide bonds. The Morgan fingerprint density at radius 3 is 3.00 bits per heavy atom. The summed E-state index contributed by atoms with van der Waals surface area (Å²) in [6, 6.07) is 0. The van der Waals surface area contributed by atoms with Gasteiger partial charge < -0.3 is 15.4 Å². The van der Waals surface area contributed by atoms with Crippen LogP contribution in [0.1, 0.15) is 17.9 Å². The largest absolute Gasteiger partial charge is 0.480 e. The molecule has 6 heteroatoms. The van der Waals surface area contributed by atoms with E-state index in [0.717, 1.165) is 5.69 Å². The standard InChI is InChI=1S/C9H12ClN3O2/c1-5-7(10)13-3-2-9(11,8(14)15)4-6(13)12-5/h2-4,11H2,1H3,(H,14,15). The maximum absolute atomic E-state index is 11.0. The topological polar surface area (TPSA) is 81.1 Å². The molecule has 0 aliphatic carbocycles. The van der Waals surface area contributed by atoms with Crippen molar-refractivity contribution in [1.82, 2.24) is 9.55 Å². The number of rotatable bonds is 1. The smallest absolute Gasteiger partial charge is 0.324 e. The fourth-order valence-corrected chi connectivity index (χ4v) is 2.06. The first-order chi connectivity index (χ1) is 6.94. The Hall–Kier alpha value is -1.07. The van der Waals surface area contributed by atoms with Gasteiger partial charge in [0.2, 0.25) is 0 Å². The molecule has 1 unspecified atom stereocenters. The molecule has 3 N–H and O–H groups in total. The minimum atomic E-state index is -1.20.